The number of aromatic carboxylic acids is 1. The molecule has 0 unspecified atom stereocenters. The predicted octanol–water partition coefficient (Wildman–Crippen LogP) is 3.26. The standard InChI is InChI=1S/C14H16N2O3/c1-9(2)16-8-11(7-15-16)19-13-5-4-10(3)6-12(13)14(17)18/h4-9H,1-3H3,(H,17,18). The number of ether oxygens (including phenoxy) is 1. The topological polar surface area (TPSA) is 64.4 Å². The maximum absolute atomic E-state index is 11.2. The lowest BCUT2D eigenvalue weighted by Gasteiger charge is -2.07. The second-order valence-electron chi connectivity index (χ2n) is 4.66. The molecule has 0 saturated heterocycles. The monoisotopic (exact) mass is 260 g/mol. The van der Waals surface area contributed by atoms with Crippen LogP contribution in [0.1, 0.15) is 35.8 Å². The number of hydrogen-bond donors (Lipinski definition) is 1. The van der Waals surface area contributed by atoms with E-state index >= 15 is 0 Å². The summed E-state index contributed by atoms with van der Waals surface area (Å²) in [5.41, 5.74) is 1.03. The quantitative estimate of drug-likeness (QED) is 0.916. The van der Waals surface area contributed by atoms with Crippen molar-refractivity contribution in [1.29, 1.82) is 0 Å². The fourth-order valence-electron chi connectivity index (χ4n) is 1.68. The molecule has 0 spiro atoms. The predicted molar refractivity (Wildman–Crippen MR) is 70.8 cm³/mol. The normalized spacial score (nSPS) is 10.7. The van der Waals surface area contributed by atoms with Crippen molar-refractivity contribution in [2.24, 2.45) is 0 Å². The third kappa shape index (κ3) is 2.93. The minimum atomic E-state index is -1.00. The summed E-state index contributed by atoms with van der Waals surface area (Å²) in [5.74, 6) is -0.156. The first kappa shape index (κ1) is 13.1. The molecule has 0 fully saturated rings. The number of rotatable bonds is 4. The van der Waals surface area contributed by atoms with Crippen LogP contribution in [-0.2, 0) is 0 Å². The SMILES string of the molecule is Cc1ccc(Oc2cnn(C(C)C)c2)c(C(=O)O)c1. The van der Waals surface area contributed by atoms with Gasteiger partial charge in [0.2, 0.25) is 0 Å². The molecule has 0 saturated carbocycles. The highest BCUT2D eigenvalue weighted by Crippen LogP contribution is 2.26. The fourth-order valence-corrected chi connectivity index (χ4v) is 1.68. The van der Waals surface area contributed by atoms with Gasteiger partial charge >= 0.3 is 5.97 Å². The van der Waals surface area contributed by atoms with Crippen LogP contribution in [0.15, 0.2) is 30.6 Å². The molecule has 0 aliphatic heterocycles. The van der Waals surface area contributed by atoms with Crippen LogP contribution in [0.3, 0.4) is 0 Å². The van der Waals surface area contributed by atoms with E-state index < -0.39 is 5.97 Å². The van der Waals surface area contributed by atoms with Crippen LogP contribution in [0.2, 0.25) is 0 Å². The smallest absolute Gasteiger partial charge is 0.339 e. The third-order valence-electron chi connectivity index (χ3n) is 2.70. The first-order chi connectivity index (χ1) is 8.97. The van der Waals surface area contributed by atoms with E-state index in [0.717, 1.165) is 5.56 Å². The zero-order chi connectivity index (χ0) is 14.0. The van der Waals surface area contributed by atoms with Crippen molar-refractivity contribution >= 4 is 5.97 Å². The highest BCUT2D eigenvalue weighted by atomic mass is 16.5. The van der Waals surface area contributed by atoms with Gasteiger partial charge in [0.1, 0.15) is 11.3 Å². The molecule has 0 amide bonds. The van der Waals surface area contributed by atoms with Crippen LogP contribution >= 0.6 is 0 Å². The first-order valence-electron chi connectivity index (χ1n) is 6.03. The Morgan fingerprint density at radius 1 is 1.42 bits per heavy atom. The molecule has 1 aromatic carbocycles. The lowest BCUT2D eigenvalue weighted by molar-refractivity contribution is 0.0694. The number of hydrogen-bond acceptors (Lipinski definition) is 3. The van der Waals surface area contributed by atoms with Gasteiger partial charge in [-0.1, -0.05) is 11.6 Å². The number of carbonyl (C=O) groups is 1. The number of nitrogens with zero attached hydrogens (tertiary/aromatic N) is 2. The molecule has 2 aromatic rings. The average Bonchev–Trinajstić information content (AvgIpc) is 2.80. The summed E-state index contributed by atoms with van der Waals surface area (Å²) in [6.45, 7) is 5.85. The summed E-state index contributed by atoms with van der Waals surface area (Å²) in [4.78, 5) is 11.2. The molecule has 2 rings (SSSR count). The fraction of sp³-hybridized carbons (Fsp3) is 0.286. The Labute approximate surface area is 111 Å². The molecule has 0 aliphatic carbocycles. The highest BCUT2D eigenvalue weighted by molar-refractivity contribution is 5.91. The van der Waals surface area contributed by atoms with Crippen molar-refractivity contribution in [3.63, 3.8) is 0 Å². The minimum absolute atomic E-state index is 0.150. The maximum atomic E-state index is 11.2. The number of carboxylic acids is 1. The van der Waals surface area contributed by atoms with Gasteiger partial charge in [-0.3, -0.25) is 4.68 Å². The molecule has 0 aliphatic rings. The molecule has 1 N–H and O–H groups in total. The molecular weight excluding hydrogens is 244 g/mol. The maximum Gasteiger partial charge on any atom is 0.339 e. The summed E-state index contributed by atoms with van der Waals surface area (Å²) in [6, 6.07) is 5.29. The van der Waals surface area contributed by atoms with Gasteiger partial charge in [-0.2, -0.15) is 5.10 Å². The number of benzene rings is 1. The van der Waals surface area contributed by atoms with Gasteiger partial charge < -0.3 is 9.84 Å². The van der Waals surface area contributed by atoms with Gasteiger partial charge in [0.15, 0.2) is 5.75 Å². The van der Waals surface area contributed by atoms with E-state index in [9.17, 15) is 4.79 Å². The Balaban J connectivity index is 2.29. The molecule has 5 nitrogen and oxygen atoms in total. The molecule has 100 valence electrons. The van der Waals surface area contributed by atoms with Crippen LogP contribution < -0.4 is 4.74 Å². The van der Waals surface area contributed by atoms with E-state index in [4.69, 9.17) is 9.84 Å². The first-order valence-corrected chi connectivity index (χ1v) is 6.03. The molecule has 1 heterocycles. The lowest BCUT2D eigenvalue weighted by Crippen LogP contribution is -2.01. The van der Waals surface area contributed by atoms with Gasteiger partial charge in [-0.25, -0.2) is 4.79 Å². The largest absolute Gasteiger partial charge is 0.478 e. The summed E-state index contributed by atoms with van der Waals surface area (Å²) in [7, 11) is 0. The highest BCUT2D eigenvalue weighted by Gasteiger charge is 2.13. The van der Waals surface area contributed by atoms with Crippen molar-refractivity contribution in [2.45, 2.75) is 26.8 Å². The summed E-state index contributed by atoms with van der Waals surface area (Å²) < 4.78 is 7.35. The Bertz CT molecular complexity index is 602. The van der Waals surface area contributed by atoms with Crippen LogP contribution in [0.25, 0.3) is 0 Å². The van der Waals surface area contributed by atoms with E-state index in [1.807, 2.05) is 26.8 Å². The van der Waals surface area contributed by atoms with E-state index in [1.165, 1.54) is 0 Å². The van der Waals surface area contributed by atoms with Crippen LogP contribution in [0, 0.1) is 6.92 Å². The van der Waals surface area contributed by atoms with Crippen molar-refractivity contribution in [1.82, 2.24) is 9.78 Å². The van der Waals surface area contributed by atoms with Crippen molar-refractivity contribution < 1.29 is 14.6 Å². The van der Waals surface area contributed by atoms with E-state index in [2.05, 4.69) is 5.10 Å². The number of carboxylic acid groups (broad SMARTS) is 1. The van der Waals surface area contributed by atoms with Crippen molar-refractivity contribution in [2.75, 3.05) is 0 Å². The summed E-state index contributed by atoms with van der Waals surface area (Å²) in [6.07, 6.45) is 3.32. The molecule has 19 heavy (non-hydrogen) atoms. The molecule has 0 atom stereocenters. The van der Waals surface area contributed by atoms with Crippen molar-refractivity contribution in [3.05, 3.63) is 41.7 Å². The van der Waals surface area contributed by atoms with E-state index in [0.29, 0.717) is 11.5 Å². The zero-order valence-electron chi connectivity index (χ0n) is 11.1. The Hall–Kier alpha value is -2.30. The summed E-state index contributed by atoms with van der Waals surface area (Å²) in [5, 5.41) is 13.3. The van der Waals surface area contributed by atoms with Crippen LogP contribution in [0.5, 0.6) is 11.5 Å². The van der Waals surface area contributed by atoms with E-state index in [1.54, 1.807) is 29.2 Å². The van der Waals surface area contributed by atoms with Gasteiger partial charge in [0, 0.05) is 6.04 Å². The lowest BCUT2D eigenvalue weighted by atomic mass is 10.1. The van der Waals surface area contributed by atoms with E-state index in [-0.39, 0.29) is 11.6 Å². The second-order valence-corrected chi connectivity index (χ2v) is 4.66. The molecule has 1 aromatic heterocycles. The molecule has 0 radical (unpaired) electrons. The minimum Gasteiger partial charge on any atom is -0.478 e. The molecule has 5 heteroatoms. The van der Waals surface area contributed by atoms with Gasteiger partial charge in [-0.15, -0.1) is 0 Å². The van der Waals surface area contributed by atoms with Gasteiger partial charge in [0.05, 0.1) is 12.4 Å². The molecular formula is C14H16N2O3. The van der Waals surface area contributed by atoms with Crippen LogP contribution in [0.4, 0.5) is 0 Å². The summed E-state index contributed by atoms with van der Waals surface area (Å²) >= 11 is 0. The Morgan fingerprint density at radius 3 is 2.74 bits per heavy atom. The third-order valence-corrected chi connectivity index (χ3v) is 2.70. The zero-order valence-corrected chi connectivity index (χ0v) is 11.1. The number of aryl methyl sites for hydroxylation is 1. The van der Waals surface area contributed by atoms with Gasteiger partial charge in [-0.05, 0) is 32.9 Å². The Kier molecular flexibility index (Phi) is 3.55. The Morgan fingerprint density at radius 2 is 2.16 bits per heavy atom. The number of aromatic nitrogens is 2. The van der Waals surface area contributed by atoms with Gasteiger partial charge in [0.25, 0.3) is 0 Å². The van der Waals surface area contributed by atoms with Crippen LogP contribution in [-0.4, -0.2) is 20.9 Å². The molecule has 0 bridgehead atoms. The van der Waals surface area contributed by atoms with Crippen molar-refractivity contribution in [3.8, 4) is 11.5 Å². The second kappa shape index (κ2) is 5.14. The average molecular weight is 260 g/mol.